The fourth-order valence-corrected chi connectivity index (χ4v) is 1.02. The highest BCUT2D eigenvalue weighted by atomic mass is 16.3. The summed E-state index contributed by atoms with van der Waals surface area (Å²) < 4.78 is 0. The molecule has 0 fully saturated rings. The van der Waals surface area contributed by atoms with Gasteiger partial charge in [0, 0.05) is 5.92 Å². The quantitative estimate of drug-likeness (QED) is 0.688. The first-order chi connectivity index (χ1) is 5.45. The van der Waals surface area contributed by atoms with Crippen molar-refractivity contribution in [2.45, 2.75) is 46.6 Å². The Kier molecular flexibility index (Phi) is 5.14. The maximum atomic E-state index is 11.2. The van der Waals surface area contributed by atoms with Gasteiger partial charge in [-0.2, -0.15) is 0 Å². The minimum atomic E-state index is -0.743. The third kappa shape index (κ3) is 4.50. The van der Waals surface area contributed by atoms with Crippen molar-refractivity contribution in [1.82, 2.24) is 0 Å². The van der Waals surface area contributed by atoms with Crippen LogP contribution >= 0.6 is 0 Å². The minimum absolute atomic E-state index is 0.0318. The summed E-state index contributed by atoms with van der Waals surface area (Å²) in [4.78, 5) is 11.2. The van der Waals surface area contributed by atoms with Gasteiger partial charge in [0.2, 0.25) is 0 Å². The zero-order valence-corrected chi connectivity index (χ0v) is 8.50. The van der Waals surface area contributed by atoms with Crippen LogP contribution in [0.3, 0.4) is 0 Å². The maximum Gasteiger partial charge on any atom is 0.163 e. The second kappa shape index (κ2) is 5.31. The number of hydrogen-bond donors (Lipinski definition) is 1. The molecule has 0 aliphatic carbocycles. The average Bonchev–Trinajstić information content (AvgIpc) is 1.98. The molecule has 1 N–H and O–H groups in total. The van der Waals surface area contributed by atoms with E-state index in [4.69, 9.17) is 0 Å². The lowest BCUT2D eigenvalue weighted by Gasteiger charge is -2.12. The molecular formula is C10H20O2. The molecule has 1 atom stereocenters. The first-order valence-corrected chi connectivity index (χ1v) is 4.67. The van der Waals surface area contributed by atoms with Crippen molar-refractivity contribution in [2.75, 3.05) is 0 Å². The van der Waals surface area contributed by atoms with Gasteiger partial charge in [-0.05, 0) is 18.8 Å². The van der Waals surface area contributed by atoms with Gasteiger partial charge in [0.05, 0.1) is 0 Å². The largest absolute Gasteiger partial charge is 0.385 e. The average molecular weight is 172 g/mol. The van der Waals surface area contributed by atoms with E-state index in [1.54, 1.807) is 0 Å². The molecule has 0 radical (unpaired) electrons. The van der Waals surface area contributed by atoms with E-state index in [9.17, 15) is 9.90 Å². The lowest BCUT2D eigenvalue weighted by Crippen LogP contribution is -2.25. The summed E-state index contributed by atoms with van der Waals surface area (Å²) in [7, 11) is 0. The summed E-state index contributed by atoms with van der Waals surface area (Å²) >= 11 is 0. The fourth-order valence-electron chi connectivity index (χ4n) is 1.02. The van der Waals surface area contributed by atoms with E-state index in [1.807, 2.05) is 13.8 Å². The van der Waals surface area contributed by atoms with Gasteiger partial charge in [-0.15, -0.1) is 0 Å². The van der Waals surface area contributed by atoms with Crippen LogP contribution in [0.4, 0.5) is 0 Å². The summed E-state index contributed by atoms with van der Waals surface area (Å²) in [6.45, 7) is 7.82. The highest BCUT2D eigenvalue weighted by Crippen LogP contribution is 2.10. The van der Waals surface area contributed by atoms with Crippen molar-refractivity contribution in [3.05, 3.63) is 0 Å². The maximum absolute atomic E-state index is 11.2. The Hall–Kier alpha value is -0.370. The molecule has 0 spiro atoms. The number of carbonyl (C=O) groups excluding carboxylic acids is 1. The Morgan fingerprint density at radius 3 is 2.00 bits per heavy atom. The normalized spacial score (nSPS) is 13.9. The first kappa shape index (κ1) is 11.6. The van der Waals surface area contributed by atoms with Crippen LogP contribution in [0.2, 0.25) is 0 Å². The van der Waals surface area contributed by atoms with Crippen molar-refractivity contribution >= 4 is 5.78 Å². The predicted molar refractivity (Wildman–Crippen MR) is 49.9 cm³/mol. The highest BCUT2D eigenvalue weighted by Gasteiger charge is 2.17. The zero-order valence-electron chi connectivity index (χ0n) is 8.50. The molecule has 0 amide bonds. The zero-order chi connectivity index (χ0) is 9.72. The van der Waals surface area contributed by atoms with E-state index < -0.39 is 6.10 Å². The Morgan fingerprint density at radius 1 is 1.17 bits per heavy atom. The smallest absolute Gasteiger partial charge is 0.163 e. The predicted octanol–water partition coefficient (Wildman–Crippen LogP) is 2.01. The van der Waals surface area contributed by atoms with E-state index >= 15 is 0 Å². The van der Waals surface area contributed by atoms with E-state index in [2.05, 4.69) is 13.8 Å². The lowest BCUT2D eigenvalue weighted by molar-refractivity contribution is -0.130. The molecule has 0 saturated carbocycles. The number of carbonyl (C=O) groups is 1. The van der Waals surface area contributed by atoms with Gasteiger partial charge < -0.3 is 5.11 Å². The van der Waals surface area contributed by atoms with E-state index in [0.717, 1.165) is 6.42 Å². The van der Waals surface area contributed by atoms with Crippen molar-refractivity contribution in [1.29, 1.82) is 0 Å². The van der Waals surface area contributed by atoms with Gasteiger partial charge in [0.25, 0.3) is 0 Å². The van der Waals surface area contributed by atoms with E-state index in [-0.39, 0.29) is 11.7 Å². The second-order valence-electron chi connectivity index (χ2n) is 4.04. The Balaban J connectivity index is 3.72. The standard InChI is InChI=1S/C10H20O2/c1-7(2)5-6-9(11)10(12)8(3)4/h7-9,11H,5-6H2,1-4H3. The van der Waals surface area contributed by atoms with Gasteiger partial charge in [0.15, 0.2) is 5.78 Å². The van der Waals surface area contributed by atoms with Gasteiger partial charge in [-0.3, -0.25) is 4.79 Å². The van der Waals surface area contributed by atoms with Crippen molar-refractivity contribution in [3.63, 3.8) is 0 Å². The number of rotatable bonds is 5. The molecule has 0 aliphatic heterocycles. The molecule has 12 heavy (non-hydrogen) atoms. The SMILES string of the molecule is CC(C)CCC(O)C(=O)C(C)C. The van der Waals surface area contributed by atoms with Gasteiger partial charge in [-0.25, -0.2) is 0 Å². The number of aliphatic hydroxyl groups excluding tert-OH is 1. The third-order valence-electron chi connectivity index (χ3n) is 1.91. The molecule has 0 aromatic carbocycles. The molecule has 0 aromatic rings. The molecule has 0 heterocycles. The Morgan fingerprint density at radius 2 is 1.67 bits per heavy atom. The van der Waals surface area contributed by atoms with E-state index in [1.165, 1.54) is 0 Å². The van der Waals surface area contributed by atoms with Crippen LogP contribution in [-0.4, -0.2) is 17.0 Å². The topological polar surface area (TPSA) is 37.3 Å². The molecule has 0 saturated heterocycles. The number of ketones is 1. The van der Waals surface area contributed by atoms with Crippen LogP contribution in [0.25, 0.3) is 0 Å². The van der Waals surface area contributed by atoms with Gasteiger partial charge in [0.1, 0.15) is 6.10 Å². The summed E-state index contributed by atoms with van der Waals surface area (Å²) in [5.74, 6) is 0.474. The number of Topliss-reactive ketones (excluding diaryl/α,β-unsaturated/α-hetero) is 1. The fraction of sp³-hybridized carbons (Fsp3) is 0.900. The second-order valence-corrected chi connectivity index (χ2v) is 4.04. The molecule has 72 valence electrons. The molecule has 1 unspecified atom stereocenters. The van der Waals surface area contributed by atoms with Gasteiger partial charge in [-0.1, -0.05) is 27.7 Å². The van der Waals surface area contributed by atoms with Crippen LogP contribution in [0.1, 0.15) is 40.5 Å². The van der Waals surface area contributed by atoms with Crippen LogP contribution in [-0.2, 0) is 4.79 Å². The minimum Gasteiger partial charge on any atom is -0.385 e. The van der Waals surface area contributed by atoms with Crippen LogP contribution in [0, 0.1) is 11.8 Å². The van der Waals surface area contributed by atoms with Crippen molar-refractivity contribution in [2.24, 2.45) is 11.8 Å². The van der Waals surface area contributed by atoms with Gasteiger partial charge >= 0.3 is 0 Å². The molecule has 0 aromatic heterocycles. The molecule has 0 rings (SSSR count). The third-order valence-corrected chi connectivity index (χ3v) is 1.91. The molecule has 2 nitrogen and oxygen atoms in total. The first-order valence-electron chi connectivity index (χ1n) is 4.67. The van der Waals surface area contributed by atoms with Crippen LogP contribution < -0.4 is 0 Å². The molecule has 0 bridgehead atoms. The van der Waals surface area contributed by atoms with Crippen LogP contribution in [0.5, 0.6) is 0 Å². The van der Waals surface area contributed by atoms with E-state index in [0.29, 0.717) is 12.3 Å². The summed E-state index contributed by atoms with van der Waals surface area (Å²) in [5.41, 5.74) is 0. The van der Waals surface area contributed by atoms with Crippen molar-refractivity contribution < 1.29 is 9.90 Å². The summed E-state index contributed by atoms with van der Waals surface area (Å²) in [6, 6.07) is 0. The molecular weight excluding hydrogens is 152 g/mol. The number of hydrogen-bond acceptors (Lipinski definition) is 2. The number of aliphatic hydroxyl groups is 1. The highest BCUT2D eigenvalue weighted by molar-refractivity contribution is 5.84. The molecule has 2 heteroatoms. The molecule has 0 aliphatic rings. The summed E-state index contributed by atoms with van der Waals surface area (Å²) in [5, 5.41) is 9.39. The Bertz CT molecular complexity index is 139. The van der Waals surface area contributed by atoms with Crippen molar-refractivity contribution in [3.8, 4) is 0 Å². The lowest BCUT2D eigenvalue weighted by atomic mass is 9.97. The Labute approximate surface area is 75.0 Å². The van der Waals surface area contributed by atoms with Crippen LogP contribution in [0.15, 0.2) is 0 Å². The monoisotopic (exact) mass is 172 g/mol. The summed E-state index contributed by atoms with van der Waals surface area (Å²) in [6.07, 6.45) is 0.779.